The Hall–Kier alpha value is -2.41. The Balaban J connectivity index is 0.000000687. The van der Waals surface area contributed by atoms with Gasteiger partial charge in [0.15, 0.2) is 0 Å². The molecule has 1 aromatic rings. The van der Waals surface area contributed by atoms with Gasteiger partial charge in [0.1, 0.15) is 0 Å². The van der Waals surface area contributed by atoms with Gasteiger partial charge in [0.25, 0.3) is 5.97 Å². The molecule has 0 saturated carbocycles. The molecule has 7 heteroatoms. The highest BCUT2D eigenvalue weighted by molar-refractivity contribution is 5.79. The van der Waals surface area contributed by atoms with Gasteiger partial charge in [-0.2, -0.15) is 0 Å². The van der Waals surface area contributed by atoms with Crippen LogP contribution < -0.4 is 0 Å². The quantitative estimate of drug-likeness (QED) is 0.816. The molecule has 0 aromatic heterocycles. The van der Waals surface area contributed by atoms with E-state index in [1.807, 2.05) is 11.9 Å². The molecule has 2 heterocycles. The summed E-state index contributed by atoms with van der Waals surface area (Å²) in [6, 6.07) is 6.26. The Morgan fingerprint density at radius 2 is 1.83 bits per heavy atom. The fourth-order valence-corrected chi connectivity index (χ4v) is 3.84. The Labute approximate surface area is 172 Å². The summed E-state index contributed by atoms with van der Waals surface area (Å²) in [5.74, 6) is -0.507. The van der Waals surface area contributed by atoms with Gasteiger partial charge in [-0.1, -0.05) is 23.8 Å². The van der Waals surface area contributed by atoms with Gasteiger partial charge in [-0.25, -0.2) is 0 Å². The van der Waals surface area contributed by atoms with Crippen molar-refractivity contribution in [1.29, 1.82) is 0 Å². The number of benzene rings is 1. The summed E-state index contributed by atoms with van der Waals surface area (Å²) >= 11 is 0. The van der Waals surface area contributed by atoms with E-state index in [4.69, 9.17) is 14.6 Å². The summed E-state index contributed by atoms with van der Waals surface area (Å²) in [5.41, 5.74) is 3.18. The maximum Gasteiger partial charge on any atom is 0.300 e. The number of likely N-dealkylation sites (N-methyl/N-ethyl adjacent to an activating group) is 1. The minimum absolute atomic E-state index is 0.144. The predicted octanol–water partition coefficient (Wildman–Crippen LogP) is 2.18. The van der Waals surface area contributed by atoms with Crippen molar-refractivity contribution in [1.82, 2.24) is 9.80 Å². The summed E-state index contributed by atoms with van der Waals surface area (Å²) in [7, 11) is 1.84. The SMILES string of the molecule is CC(=O)O.Cc1ccc(C)c(CC(=O)N2CCC3(CC2)CN(C)C(=O)CCO3)c1. The first-order valence-corrected chi connectivity index (χ1v) is 10.0. The van der Waals surface area contributed by atoms with E-state index in [1.54, 1.807) is 4.90 Å². The predicted molar refractivity (Wildman–Crippen MR) is 110 cm³/mol. The van der Waals surface area contributed by atoms with Crippen molar-refractivity contribution in [2.45, 2.75) is 52.1 Å². The van der Waals surface area contributed by atoms with Crippen LogP contribution in [-0.4, -0.2) is 71.6 Å². The van der Waals surface area contributed by atoms with Crippen LogP contribution in [0.3, 0.4) is 0 Å². The molecule has 2 aliphatic heterocycles. The maximum absolute atomic E-state index is 12.7. The molecule has 160 valence electrons. The van der Waals surface area contributed by atoms with Crippen molar-refractivity contribution in [3.8, 4) is 0 Å². The van der Waals surface area contributed by atoms with E-state index >= 15 is 0 Å². The number of ether oxygens (including phenoxy) is 1. The lowest BCUT2D eigenvalue weighted by atomic mass is 9.90. The van der Waals surface area contributed by atoms with Crippen molar-refractivity contribution in [2.75, 3.05) is 33.3 Å². The lowest BCUT2D eigenvalue weighted by Crippen LogP contribution is -2.52. The number of carbonyl (C=O) groups is 3. The smallest absolute Gasteiger partial charge is 0.300 e. The van der Waals surface area contributed by atoms with Crippen molar-refractivity contribution in [3.05, 3.63) is 34.9 Å². The van der Waals surface area contributed by atoms with Gasteiger partial charge in [-0.05, 0) is 37.8 Å². The van der Waals surface area contributed by atoms with Gasteiger partial charge in [0, 0.05) is 33.6 Å². The topological polar surface area (TPSA) is 87.2 Å². The van der Waals surface area contributed by atoms with E-state index in [2.05, 4.69) is 32.0 Å². The molecule has 0 unspecified atom stereocenters. The van der Waals surface area contributed by atoms with Crippen LogP contribution in [0.4, 0.5) is 0 Å². The first-order chi connectivity index (χ1) is 13.6. The Morgan fingerprint density at radius 3 is 2.45 bits per heavy atom. The summed E-state index contributed by atoms with van der Waals surface area (Å²) in [5, 5.41) is 7.42. The number of aryl methyl sites for hydroxylation is 2. The summed E-state index contributed by atoms with van der Waals surface area (Å²) in [6.07, 6.45) is 2.50. The molecule has 0 bridgehead atoms. The molecule has 0 radical (unpaired) electrons. The third kappa shape index (κ3) is 6.56. The van der Waals surface area contributed by atoms with E-state index in [0.29, 0.717) is 39.1 Å². The molecule has 29 heavy (non-hydrogen) atoms. The van der Waals surface area contributed by atoms with Crippen molar-refractivity contribution >= 4 is 17.8 Å². The fourth-order valence-electron chi connectivity index (χ4n) is 3.84. The van der Waals surface area contributed by atoms with Crippen LogP contribution in [-0.2, 0) is 25.5 Å². The molecule has 2 aliphatic rings. The van der Waals surface area contributed by atoms with Crippen LogP contribution in [0.5, 0.6) is 0 Å². The first kappa shape index (κ1) is 22.9. The molecule has 2 amide bonds. The van der Waals surface area contributed by atoms with E-state index in [-0.39, 0.29) is 17.4 Å². The molecule has 2 fully saturated rings. The molecule has 0 aliphatic carbocycles. The number of aliphatic carboxylic acids is 1. The zero-order valence-electron chi connectivity index (χ0n) is 17.9. The number of nitrogens with zero attached hydrogens (tertiary/aromatic N) is 2. The second-order valence-corrected chi connectivity index (χ2v) is 8.04. The monoisotopic (exact) mass is 404 g/mol. The second kappa shape index (κ2) is 9.87. The normalized spacial score (nSPS) is 18.7. The summed E-state index contributed by atoms with van der Waals surface area (Å²) in [4.78, 5) is 37.3. The summed E-state index contributed by atoms with van der Waals surface area (Å²) < 4.78 is 6.05. The maximum atomic E-state index is 12.7. The molecule has 2 saturated heterocycles. The Bertz CT molecular complexity index is 750. The second-order valence-electron chi connectivity index (χ2n) is 8.04. The van der Waals surface area contributed by atoms with Gasteiger partial charge in [0.05, 0.1) is 25.0 Å². The summed E-state index contributed by atoms with van der Waals surface area (Å²) in [6.45, 7) is 7.71. The van der Waals surface area contributed by atoms with Crippen LogP contribution in [0, 0.1) is 13.8 Å². The van der Waals surface area contributed by atoms with E-state index < -0.39 is 5.97 Å². The lowest BCUT2D eigenvalue weighted by molar-refractivity contribution is -0.139. The number of amides is 2. The third-order valence-corrected chi connectivity index (χ3v) is 5.55. The molecule has 0 atom stereocenters. The number of likely N-dealkylation sites (tertiary alicyclic amines) is 1. The number of carboxylic acid groups (broad SMARTS) is 1. The van der Waals surface area contributed by atoms with Crippen molar-refractivity contribution in [2.24, 2.45) is 0 Å². The Kier molecular flexibility index (Phi) is 7.79. The number of carbonyl (C=O) groups excluding carboxylic acids is 2. The number of rotatable bonds is 2. The molecule has 3 rings (SSSR count). The number of piperidine rings is 1. The van der Waals surface area contributed by atoms with E-state index in [9.17, 15) is 9.59 Å². The molecular formula is C22H32N2O5. The number of carboxylic acids is 1. The minimum atomic E-state index is -0.833. The van der Waals surface area contributed by atoms with Crippen molar-refractivity contribution in [3.63, 3.8) is 0 Å². The average Bonchev–Trinajstić information content (AvgIpc) is 2.77. The van der Waals surface area contributed by atoms with Gasteiger partial charge < -0.3 is 19.6 Å². The zero-order valence-corrected chi connectivity index (χ0v) is 17.9. The van der Waals surface area contributed by atoms with E-state index in [1.165, 1.54) is 11.1 Å². The van der Waals surface area contributed by atoms with Gasteiger partial charge in [-0.15, -0.1) is 0 Å². The zero-order chi connectivity index (χ0) is 21.6. The first-order valence-electron chi connectivity index (χ1n) is 10.0. The highest BCUT2D eigenvalue weighted by Crippen LogP contribution is 2.30. The average molecular weight is 405 g/mol. The highest BCUT2D eigenvalue weighted by atomic mass is 16.5. The molecule has 7 nitrogen and oxygen atoms in total. The lowest BCUT2D eigenvalue weighted by Gasteiger charge is -2.42. The Morgan fingerprint density at radius 1 is 1.21 bits per heavy atom. The van der Waals surface area contributed by atoms with Crippen molar-refractivity contribution < 1.29 is 24.2 Å². The van der Waals surface area contributed by atoms with E-state index in [0.717, 1.165) is 25.3 Å². The molecule has 1 aromatic carbocycles. The minimum Gasteiger partial charge on any atom is -0.481 e. The van der Waals surface area contributed by atoms with Crippen LogP contribution in [0.25, 0.3) is 0 Å². The largest absolute Gasteiger partial charge is 0.481 e. The standard InChI is InChI=1S/C20H28N2O3.C2H4O2/c1-15-4-5-16(2)17(12-15)13-19(24)22-9-7-20(8-10-22)14-21(3)18(23)6-11-25-20;1-2(3)4/h4-5,12H,6-11,13-14H2,1-3H3;1H3,(H,3,4). The fraction of sp³-hybridized carbons (Fsp3) is 0.591. The molecular weight excluding hydrogens is 372 g/mol. The third-order valence-electron chi connectivity index (χ3n) is 5.55. The number of hydrogen-bond acceptors (Lipinski definition) is 4. The van der Waals surface area contributed by atoms with Crippen LogP contribution in [0.15, 0.2) is 18.2 Å². The van der Waals surface area contributed by atoms with Gasteiger partial charge in [-0.3, -0.25) is 14.4 Å². The molecule has 1 spiro atoms. The number of hydrogen-bond donors (Lipinski definition) is 1. The highest BCUT2D eigenvalue weighted by Gasteiger charge is 2.40. The van der Waals surface area contributed by atoms with Crippen LogP contribution >= 0.6 is 0 Å². The van der Waals surface area contributed by atoms with Gasteiger partial charge in [0.2, 0.25) is 11.8 Å². The molecule has 1 N–H and O–H groups in total. The van der Waals surface area contributed by atoms with Crippen LogP contribution in [0.1, 0.15) is 42.9 Å². The van der Waals surface area contributed by atoms with Gasteiger partial charge >= 0.3 is 0 Å². The van der Waals surface area contributed by atoms with Crippen LogP contribution in [0.2, 0.25) is 0 Å².